The van der Waals surface area contributed by atoms with Crippen LogP contribution < -0.4 is 0 Å². The van der Waals surface area contributed by atoms with Gasteiger partial charge in [0, 0.05) is 19.5 Å². The van der Waals surface area contributed by atoms with Gasteiger partial charge in [-0.2, -0.15) is 5.26 Å². The molecule has 0 amide bonds. The molecule has 0 rings (SSSR count). The van der Waals surface area contributed by atoms with Crippen molar-refractivity contribution in [2.75, 3.05) is 20.1 Å². The Bertz CT molecular complexity index is 179. The molecule has 0 saturated heterocycles. The van der Waals surface area contributed by atoms with E-state index in [1.54, 1.807) is 0 Å². The van der Waals surface area contributed by atoms with E-state index < -0.39 is 0 Å². The fraction of sp³-hybridized carbons (Fsp3) is 0.727. The van der Waals surface area contributed by atoms with Gasteiger partial charge < -0.3 is 4.90 Å². The van der Waals surface area contributed by atoms with E-state index in [4.69, 9.17) is 5.26 Å². The fourth-order valence-corrected chi connectivity index (χ4v) is 1.18. The molecule has 0 atom stereocenters. The Morgan fingerprint density at radius 1 is 1.38 bits per heavy atom. The Hall–Kier alpha value is -0.810. The SMILES string of the molecule is C=C(CCC)CCN(C)CCC#N. The van der Waals surface area contributed by atoms with E-state index >= 15 is 0 Å². The highest BCUT2D eigenvalue weighted by atomic mass is 15.1. The van der Waals surface area contributed by atoms with Gasteiger partial charge in [0.15, 0.2) is 0 Å². The molecule has 0 fully saturated rings. The first-order valence-electron chi connectivity index (χ1n) is 4.92. The van der Waals surface area contributed by atoms with Crippen LogP contribution in [0.2, 0.25) is 0 Å². The number of hydrogen-bond acceptors (Lipinski definition) is 2. The van der Waals surface area contributed by atoms with E-state index in [-0.39, 0.29) is 0 Å². The minimum Gasteiger partial charge on any atom is -0.305 e. The molecule has 0 unspecified atom stereocenters. The third-order valence-corrected chi connectivity index (χ3v) is 2.06. The molecule has 0 N–H and O–H groups in total. The van der Waals surface area contributed by atoms with Crippen molar-refractivity contribution in [2.24, 2.45) is 0 Å². The summed E-state index contributed by atoms with van der Waals surface area (Å²) in [5.74, 6) is 0. The Morgan fingerprint density at radius 3 is 2.62 bits per heavy atom. The second-order valence-electron chi connectivity index (χ2n) is 3.46. The van der Waals surface area contributed by atoms with E-state index in [2.05, 4.69) is 31.5 Å². The predicted octanol–water partition coefficient (Wildman–Crippen LogP) is 2.58. The van der Waals surface area contributed by atoms with Crippen LogP contribution in [0.5, 0.6) is 0 Å². The minimum atomic E-state index is 0.622. The average molecular weight is 180 g/mol. The van der Waals surface area contributed by atoms with Crippen LogP contribution in [0, 0.1) is 11.3 Å². The van der Waals surface area contributed by atoms with Crippen LogP contribution in [-0.4, -0.2) is 25.0 Å². The van der Waals surface area contributed by atoms with E-state index in [0.29, 0.717) is 6.42 Å². The maximum absolute atomic E-state index is 8.38. The molecule has 0 heterocycles. The summed E-state index contributed by atoms with van der Waals surface area (Å²) in [4.78, 5) is 2.18. The topological polar surface area (TPSA) is 27.0 Å². The van der Waals surface area contributed by atoms with Crippen molar-refractivity contribution in [1.29, 1.82) is 5.26 Å². The molecule has 2 heteroatoms. The maximum Gasteiger partial charge on any atom is 0.0635 e. The van der Waals surface area contributed by atoms with Crippen LogP contribution in [0.3, 0.4) is 0 Å². The van der Waals surface area contributed by atoms with Crippen LogP contribution in [0.4, 0.5) is 0 Å². The Balaban J connectivity index is 3.41. The number of nitriles is 1. The summed E-state index contributed by atoms with van der Waals surface area (Å²) in [5, 5.41) is 8.38. The quantitative estimate of drug-likeness (QED) is 0.563. The van der Waals surface area contributed by atoms with Crippen LogP contribution >= 0.6 is 0 Å². The zero-order valence-electron chi connectivity index (χ0n) is 8.84. The summed E-state index contributed by atoms with van der Waals surface area (Å²) in [6, 6.07) is 2.15. The largest absolute Gasteiger partial charge is 0.305 e. The monoisotopic (exact) mass is 180 g/mol. The first-order valence-corrected chi connectivity index (χ1v) is 4.92. The molecule has 0 aromatic heterocycles. The Labute approximate surface area is 81.9 Å². The number of hydrogen-bond donors (Lipinski definition) is 0. The second-order valence-corrected chi connectivity index (χ2v) is 3.46. The fourth-order valence-electron chi connectivity index (χ4n) is 1.18. The summed E-state index contributed by atoms with van der Waals surface area (Å²) < 4.78 is 0. The van der Waals surface area contributed by atoms with Crippen LogP contribution in [-0.2, 0) is 0 Å². The second kappa shape index (κ2) is 7.82. The lowest BCUT2D eigenvalue weighted by Crippen LogP contribution is -2.20. The van der Waals surface area contributed by atoms with Gasteiger partial charge in [0.25, 0.3) is 0 Å². The van der Waals surface area contributed by atoms with Gasteiger partial charge in [-0.05, 0) is 19.9 Å². The van der Waals surface area contributed by atoms with Crippen LogP contribution in [0.1, 0.15) is 32.6 Å². The van der Waals surface area contributed by atoms with E-state index in [1.807, 2.05) is 0 Å². The Morgan fingerprint density at radius 2 is 2.08 bits per heavy atom. The van der Waals surface area contributed by atoms with E-state index in [9.17, 15) is 0 Å². The van der Waals surface area contributed by atoms with Gasteiger partial charge in [0.1, 0.15) is 0 Å². The summed E-state index contributed by atoms with van der Waals surface area (Å²) in [7, 11) is 2.05. The molecule has 0 aliphatic rings. The third kappa shape index (κ3) is 7.55. The van der Waals surface area contributed by atoms with Gasteiger partial charge in [-0.1, -0.05) is 25.5 Å². The summed E-state index contributed by atoms with van der Waals surface area (Å²) >= 11 is 0. The number of nitrogens with zero attached hydrogens (tertiary/aromatic N) is 2. The smallest absolute Gasteiger partial charge is 0.0635 e. The van der Waals surface area contributed by atoms with Crippen molar-refractivity contribution in [1.82, 2.24) is 4.90 Å². The average Bonchev–Trinajstić information content (AvgIpc) is 2.12. The highest BCUT2D eigenvalue weighted by Gasteiger charge is 1.98. The highest BCUT2D eigenvalue weighted by Crippen LogP contribution is 2.06. The van der Waals surface area contributed by atoms with Crippen molar-refractivity contribution in [3.8, 4) is 6.07 Å². The molecule has 0 radical (unpaired) electrons. The Kier molecular flexibility index (Phi) is 7.33. The molecule has 2 nitrogen and oxygen atoms in total. The zero-order valence-corrected chi connectivity index (χ0v) is 8.84. The highest BCUT2D eigenvalue weighted by molar-refractivity contribution is 4.94. The number of rotatable bonds is 7. The third-order valence-electron chi connectivity index (χ3n) is 2.06. The molecular formula is C11H20N2. The van der Waals surface area contributed by atoms with E-state index in [0.717, 1.165) is 25.9 Å². The zero-order chi connectivity index (χ0) is 10.1. The van der Waals surface area contributed by atoms with Crippen molar-refractivity contribution in [3.05, 3.63) is 12.2 Å². The molecule has 74 valence electrons. The normalized spacial score (nSPS) is 10.0. The maximum atomic E-state index is 8.38. The lowest BCUT2D eigenvalue weighted by atomic mass is 10.1. The van der Waals surface area contributed by atoms with Gasteiger partial charge in [0.2, 0.25) is 0 Å². The molecule has 0 bridgehead atoms. The molecule has 0 spiro atoms. The molecule has 0 aliphatic heterocycles. The predicted molar refractivity (Wildman–Crippen MR) is 56.4 cm³/mol. The molecule has 0 aliphatic carbocycles. The summed E-state index contributed by atoms with van der Waals surface area (Å²) in [5.41, 5.74) is 1.33. The first-order chi connectivity index (χ1) is 6.20. The molecule has 0 aromatic carbocycles. The van der Waals surface area contributed by atoms with Gasteiger partial charge >= 0.3 is 0 Å². The first kappa shape index (κ1) is 12.2. The standard InChI is InChI=1S/C11H20N2/c1-4-6-11(2)7-10-13(3)9-5-8-12/h2,4-7,9-10H2,1,3H3. The molecular weight excluding hydrogens is 160 g/mol. The molecule has 0 aromatic rings. The molecule has 0 saturated carbocycles. The van der Waals surface area contributed by atoms with Gasteiger partial charge in [0.05, 0.1) is 6.07 Å². The lowest BCUT2D eigenvalue weighted by Gasteiger charge is -2.15. The van der Waals surface area contributed by atoms with Crippen molar-refractivity contribution in [3.63, 3.8) is 0 Å². The summed E-state index contributed by atoms with van der Waals surface area (Å²) in [6.45, 7) is 8.08. The van der Waals surface area contributed by atoms with Crippen LogP contribution in [0.15, 0.2) is 12.2 Å². The minimum absolute atomic E-state index is 0.622. The van der Waals surface area contributed by atoms with Gasteiger partial charge in [-0.3, -0.25) is 0 Å². The van der Waals surface area contributed by atoms with Gasteiger partial charge in [-0.25, -0.2) is 0 Å². The van der Waals surface area contributed by atoms with E-state index in [1.165, 1.54) is 12.0 Å². The summed E-state index contributed by atoms with van der Waals surface area (Å²) in [6.07, 6.45) is 4.00. The lowest BCUT2D eigenvalue weighted by molar-refractivity contribution is 0.345. The van der Waals surface area contributed by atoms with Crippen molar-refractivity contribution >= 4 is 0 Å². The van der Waals surface area contributed by atoms with Gasteiger partial charge in [-0.15, -0.1) is 0 Å². The van der Waals surface area contributed by atoms with Crippen molar-refractivity contribution < 1.29 is 0 Å². The van der Waals surface area contributed by atoms with Crippen molar-refractivity contribution in [2.45, 2.75) is 32.6 Å². The molecule has 13 heavy (non-hydrogen) atoms. The van der Waals surface area contributed by atoms with Crippen LogP contribution in [0.25, 0.3) is 0 Å².